The molecule has 4 unspecified atom stereocenters. The highest BCUT2D eigenvalue weighted by atomic mass is 16.6. The van der Waals surface area contributed by atoms with Gasteiger partial charge in [0.25, 0.3) is 5.91 Å². The minimum absolute atomic E-state index is 0.382. The van der Waals surface area contributed by atoms with Gasteiger partial charge in [-0.25, -0.2) is 15.0 Å². The SMILES string of the molecule is CCNC(=O)C1OC(n2cnc3c(NC)nc(-c4cccnc4)nc32)C(O)C1O. The fourth-order valence-corrected chi connectivity index (χ4v) is 3.28. The van der Waals surface area contributed by atoms with Crippen molar-refractivity contribution in [2.45, 2.75) is 31.5 Å². The lowest BCUT2D eigenvalue weighted by molar-refractivity contribution is -0.137. The van der Waals surface area contributed by atoms with Crippen LogP contribution in [0.15, 0.2) is 30.9 Å². The summed E-state index contributed by atoms with van der Waals surface area (Å²) in [5.74, 6) is 0.401. The van der Waals surface area contributed by atoms with E-state index in [-0.39, 0.29) is 0 Å². The molecule has 0 aromatic carbocycles. The molecular formula is C18H21N7O4. The Morgan fingerprint density at radius 2 is 2.14 bits per heavy atom. The lowest BCUT2D eigenvalue weighted by atomic mass is 10.1. The van der Waals surface area contributed by atoms with Crippen LogP contribution in [0.25, 0.3) is 22.6 Å². The molecule has 0 spiro atoms. The van der Waals surface area contributed by atoms with Crippen molar-refractivity contribution in [3.05, 3.63) is 30.9 Å². The molecule has 0 aliphatic carbocycles. The fourth-order valence-electron chi connectivity index (χ4n) is 3.28. The molecule has 3 aromatic rings. The number of carbonyl (C=O) groups is 1. The maximum atomic E-state index is 12.1. The van der Waals surface area contributed by atoms with E-state index in [0.29, 0.717) is 34.9 Å². The molecular weight excluding hydrogens is 378 g/mol. The molecule has 11 heteroatoms. The van der Waals surface area contributed by atoms with Gasteiger partial charge in [0, 0.05) is 31.5 Å². The average molecular weight is 399 g/mol. The van der Waals surface area contributed by atoms with Crippen LogP contribution in [-0.4, -0.2) is 72.5 Å². The maximum Gasteiger partial charge on any atom is 0.252 e. The van der Waals surface area contributed by atoms with Crippen molar-refractivity contribution in [3.63, 3.8) is 0 Å². The second kappa shape index (κ2) is 7.70. The van der Waals surface area contributed by atoms with Crippen LogP contribution in [-0.2, 0) is 9.53 Å². The summed E-state index contributed by atoms with van der Waals surface area (Å²) >= 11 is 0. The quantitative estimate of drug-likeness (QED) is 0.453. The van der Waals surface area contributed by atoms with E-state index in [2.05, 4.69) is 30.6 Å². The molecule has 4 N–H and O–H groups in total. The van der Waals surface area contributed by atoms with Crippen LogP contribution in [0.1, 0.15) is 13.2 Å². The van der Waals surface area contributed by atoms with E-state index in [1.807, 2.05) is 6.07 Å². The van der Waals surface area contributed by atoms with Crippen molar-refractivity contribution in [1.29, 1.82) is 0 Å². The highest BCUT2D eigenvalue weighted by Crippen LogP contribution is 2.33. The molecule has 152 valence electrons. The number of ether oxygens (including phenoxy) is 1. The van der Waals surface area contributed by atoms with Gasteiger partial charge in [-0.05, 0) is 19.1 Å². The van der Waals surface area contributed by atoms with Crippen molar-refractivity contribution in [1.82, 2.24) is 29.8 Å². The third-order valence-electron chi connectivity index (χ3n) is 4.70. The lowest BCUT2D eigenvalue weighted by Gasteiger charge is -2.17. The van der Waals surface area contributed by atoms with Crippen LogP contribution < -0.4 is 10.6 Å². The maximum absolute atomic E-state index is 12.1. The van der Waals surface area contributed by atoms with Crippen molar-refractivity contribution >= 4 is 22.9 Å². The number of fused-ring (bicyclic) bond motifs is 1. The second-order valence-electron chi connectivity index (χ2n) is 6.53. The Hall–Kier alpha value is -3.15. The average Bonchev–Trinajstić information content (AvgIpc) is 3.29. The van der Waals surface area contributed by atoms with Gasteiger partial charge >= 0.3 is 0 Å². The van der Waals surface area contributed by atoms with E-state index in [0.717, 1.165) is 0 Å². The number of nitrogens with zero attached hydrogens (tertiary/aromatic N) is 5. The van der Waals surface area contributed by atoms with Crippen LogP contribution in [0.4, 0.5) is 5.82 Å². The Balaban J connectivity index is 1.77. The fraction of sp³-hybridized carbons (Fsp3) is 0.389. The number of aliphatic hydroxyl groups excluding tert-OH is 2. The number of imidazole rings is 1. The van der Waals surface area contributed by atoms with Gasteiger partial charge in [-0.2, -0.15) is 0 Å². The van der Waals surface area contributed by atoms with Crippen molar-refractivity contribution in [3.8, 4) is 11.4 Å². The van der Waals surface area contributed by atoms with Gasteiger partial charge in [0.15, 0.2) is 35.1 Å². The summed E-state index contributed by atoms with van der Waals surface area (Å²) < 4.78 is 7.18. The summed E-state index contributed by atoms with van der Waals surface area (Å²) in [6, 6.07) is 3.60. The Kier molecular flexibility index (Phi) is 5.09. The van der Waals surface area contributed by atoms with Crippen molar-refractivity contribution in [2.24, 2.45) is 0 Å². The molecule has 4 rings (SSSR count). The molecule has 4 heterocycles. The van der Waals surface area contributed by atoms with Gasteiger partial charge in [0.1, 0.15) is 12.2 Å². The lowest BCUT2D eigenvalue weighted by Crippen LogP contribution is -2.42. The molecule has 4 atom stereocenters. The van der Waals surface area contributed by atoms with Gasteiger partial charge in [-0.3, -0.25) is 14.3 Å². The van der Waals surface area contributed by atoms with E-state index in [4.69, 9.17) is 4.74 Å². The number of hydrogen-bond donors (Lipinski definition) is 4. The topological polar surface area (TPSA) is 147 Å². The first-order chi connectivity index (χ1) is 14.0. The van der Waals surface area contributed by atoms with Gasteiger partial charge in [0.2, 0.25) is 0 Å². The Morgan fingerprint density at radius 1 is 1.31 bits per heavy atom. The predicted molar refractivity (Wildman–Crippen MR) is 103 cm³/mol. The Bertz CT molecular complexity index is 1030. The molecule has 11 nitrogen and oxygen atoms in total. The van der Waals surface area contributed by atoms with Gasteiger partial charge in [0.05, 0.1) is 6.33 Å². The summed E-state index contributed by atoms with van der Waals surface area (Å²) in [6.45, 7) is 2.14. The van der Waals surface area contributed by atoms with Crippen LogP contribution in [0.2, 0.25) is 0 Å². The Morgan fingerprint density at radius 3 is 2.83 bits per heavy atom. The molecule has 1 amide bonds. The molecule has 1 aliphatic rings. The van der Waals surface area contributed by atoms with Gasteiger partial charge in [-0.15, -0.1) is 0 Å². The van der Waals surface area contributed by atoms with Crippen LogP contribution in [0.3, 0.4) is 0 Å². The smallest absolute Gasteiger partial charge is 0.252 e. The highest BCUT2D eigenvalue weighted by molar-refractivity contribution is 5.85. The van der Waals surface area contributed by atoms with E-state index in [1.165, 1.54) is 10.9 Å². The predicted octanol–water partition coefficient (Wildman–Crippen LogP) is -0.315. The summed E-state index contributed by atoms with van der Waals surface area (Å²) in [5, 5.41) is 26.4. The molecule has 0 radical (unpaired) electrons. The number of anilines is 1. The zero-order valence-electron chi connectivity index (χ0n) is 15.9. The number of aliphatic hydroxyl groups is 2. The summed E-state index contributed by atoms with van der Waals surface area (Å²) in [7, 11) is 1.71. The standard InChI is InChI=1S/C18H21N7O4/c1-3-21-17(28)13-11(26)12(27)18(29-13)25-8-22-10-15(19-2)23-14(24-16(10)25)9-5-4-6-20-7-9/h4-8,11-13,18,26-27H,3H2,1-2H3,(H,21,28)(H,19,23,24). The molecule has 29 heavy (non-hydrogen) atoms. The molecule has 0 bridgehead atoms. The summed E-state index contributed by atoms with van der Waals surface area (Å²) in [4.78, 5) is 29.6. The molecule has 3 aromatic heterocycles. The number of carbonyl (C=O) groups excluding carboxylic acids is 1. The highest BCUT2D eigenvalue weighted by Gasteiger charge is 2.47. The minimum atomic E-state index is -1.38. The first kappa shape index (κ1) is 19.2. The number of nitrogens with one attached hydrogen (secondary N) is 2. The number of rotatable bonds is 5. The number of amides is 1. The van der Waals surface area contributed by atoms with E-state index >= 15 is 0 Å². The number of pyridine rings is 1. The monoisotopic (exact) mass is 399 g/mol. The molecule has 0 saturated carbocycles. The third-order valence-corrected chi connectivity index (χ3v) is 4.70. The van der Waals surface area contributed by atoms with Crippen LogP contribution in [0.5, 0.6) is 0 Å². The zero-order valence-corrected chi connectivity index (χ0v) is 15.9. The third kappa shape index (κ3) is 3.28. The normalized spacial score (nSPS) is 24.0. The minimum Gasteiger partial charge on any atom is -0.387 e. The summed E-state index contributed by atoms with van der Waals surface area (Å²) in [6.07, 6.45) is -0.232. The van der Waals surface area contributed by atoms with E-state index < -0.39 is 30.4 Å². The molecule has 1 saturated heterocycles. The van der Waals surface area contributed by atoms with E-state index in [9.17, 15) is 15.0 Å². The largest absolute Gasteiger partial charge is 0.387 e. The summed E-state index contributed by atoms with van der Waals surface area (Å²) in [5.41, 5.74) is 1.55. The van der Waals surface area contributed by atoms with E-state index in [1.54, 1.807) is 32.4 Å². The first-order valence-corrected chi connectivity index (χ1v) is 9.17. The number of aromatic nitrogens is 5. The van der Waals surface area contributed by atoms with Crippen molar-refractivity contribution < 1.29 is 19.7 Å². The van der Waals surface area contributed by atoms with Gasteiger partial charge in [-0.1, -0.05) is 0 Å². The van der Waals surface area contributed by atoms with Crippen LogP contribution >= 0.6 is 0 Å². The van der Waals surface area contributed by atoms with Crippen LogP contribution in [0, 0.1) is 0 Å². The second-order valence-corrected chi connectivity index (χ2v) is 6.53. The van der Waals surface area contributed by atoms with Crippen molar-refractivity contribution in [2.75, 3.05) is 18.9 Å². The van der Waals surface area contributed by atoms with Gasteiger partial charge < -0.3 is 25.6 Å². The molecule has 1 fully saturated rings. The number of hydrogen-bond acceptors (Lipinski definition) is 9. The number of likely N-dealkylation sites (N-methyl/N-ethyl adjacent to an activating group) is 1. The zero-order chi connectivity index (χ0) is 20.5. The molecule has 1 aliphatic heterocycles. The Labute approximate surface area is 165 Å². The first-order valence-electron chi connectivity index (χ1n) is 9.17.